The normalized spacial score (nSPS) is 17.7. The highest BCUT2D eigenvalue weighted by Crippen LogP contribution is 2.40. The van der Waals surface area contributed by atoms with Crippen molar-refractivity contribution < 1.29 is 0 Å². The Bertz CT molecular complexity index is 798. The number of benzene rings is 1. The summed E-state index contributed by atoms with van der Waals surface area (Å²) in [5.41, 5.74) is 4.59. The third-order valence-electron chi connectivity index (χ3n) is 4.71. The molecular weight excluding hydrogens is 312 g/mol. The number of nitrogens with zero attached hydrogens (tertiary/aromatic N) is 2. The van der Waals surface area contributed by atoms with Crippen molar-refractivity contribution in [1.29, 1.82) is 5.26 Å². The van der Waals surface area contributed by atoms with Gasteiger partial charge in [0.25, 0.3) is 0 Å². The van der Waals surface area contributed by atoms with Crippen molar-refractivity contribution >= 4 is 22.6 Å². The summed E-state index contributed by atoms with van der Waals surface area (Å²) in [6.07, 6.45) is 5.17. The summed E-state index contributed by atoms with van der Waals surface area (Å²) in [5.74, 6) is 0.712. The minimum Gasteiger partial charge on any atom is -0.244 e. The summed E-state index contributed by atoms with van der Waals surface area (Å²) in [7, 11) is 0. The molecule has 0 saturated carbocycles. The first-order valence-corrected chi connectivity index (χ1v) is 9.39. The van der Waals surface area contributed by atoms with Gasteiger partial charge in [0, 0.05) is 11.1 Å². The van der Waals surface area contributed by atoms with E-state index >= 15 is 0 Å². The van der Waals surface area contributed by atoms with E-state index in [0.717, 1.165) is 29.0 Å². The molecule has 0 aliphatic heterocycles. The summed E-state index contributed by atoms with van der Waals surface area (Å²) >= 11 is 1.70. The Balaban J connectivity index is 1.86. The van der Waals surface area contributed by atoms with Crippen molar-refractivity contribution in [2.75, 3.05) is 0 Å². The minimum atomic E-state index is 0.160. The molecule has 0 fully saturated rings. The van der Waals surface area contributed by atoms with Crippen molar-refractivity contribution in [3.8, 4) is 6.07 Å². The van der Waals surface area contributed by atoms with E-state index in [0.29, 0.717) is 5.92 Å². The van der Waals surface area contributed by atoms with E-state index in [1.807, 2.05) is 6.21 Å². The molecule has 124 valence electrons. The van der Waals surface area contributed by atoms with E-state index in [1.54, 1.807) is 11.3 Å². The zero-order valence-electron chi connectivity index (χ0n) is 14.9. The number of hydrogen-bond donors (Lipinski definition) is 0. The van der Waals surface area contributed by atoms with Gasteiger partial charge < -0.3 is 0 Å². The van der Waals surface area contributed by atoms with Crippen molar-refractivity contribution in [3.63, 3.8) is 0 Å². The molecule has 0 bridgehead atoms. The fourth-order valence-electron chi connectivity index (χ4n) is 3.14. The van der Waals surface area contributed by atoms with Gasteiger partial charge in [-0.15, -0.1) is 11.3 Å². The number of hydrogen-bond acceptors (Lipinski definition) is 3. The molecule has 3 rings (SSSR count). The summed E-state index contributed by atoms with van der Waals surface area (Å²) in [6.45, 7) is 8.93. The smallest absolute Gasteiger partial charge is 0.134 e. The van der Waals surface area contributed by atoms with Crippen LogP contribution in [-0.2, 0) is 18.3 Å². The summed E-state index contributed by atoms with van der Waals surface area (Å²) in [5, 5.41) is 10.4. The zero-order chi connectivity index (χ0) is 17.3. The van der Waals surface area contributed by atoms with Crippen LogP contribution in [0.25, 0.3) is 0 Å². The highest BCUT2D eigenvalue weighted by atomic mass is 32.1. The Hall–Kier alpha value is -1.92. The fourth-order valence-corrected chi connectivity index (χ4v) is 4.45. The molecule has 1 aliphatic carbocycles. The Labute approximate surface area is 148 Å². The van der Waals surface area contributed by atoms with Gasteiger partial charge in [0.1, 0.15) is 11.1 Å². The van der Waals surface area contributed by atoms with E-state index in [4.69, 9.17) is 0 Å². The largest absolute Gasteiger partial charge is 0.244 e. The Morgan fingerprint density at radius 1 is 1.25 bits per heavy atom. The first-order chi connectivity index (χ1) is 11.4. The fraction of sp³-hybridized carbons (Fsp3) is 0.429. The molecule has 0 spiro atoms. The standard InChI is InChI=1S/C21H24N2S/c1-14-5-10-17-18(12-22)20(24-19(17)11-14)23-13-15-6-8-16(9-7-15)21(2,3)4/h6-9,13-14H,5,10-11H2,1-4H3/t14-/m1/s1. The van der Waals surface area contributed by atoms with Gasteiger partial charge in [0.2, 0.25) is 0 Å². The lowest BCUT2D eigenvalue weighted by atomic mass is 9.87. The second-order valence-electron chi connectivity index (χ2n) is 7.77. The molecular formula is C21H24N2S. The van der Waals surface area contributed by atoms with Crippen LogP contribution in [0.3, 0.4) is 0 Å². The van der Waals surface area contributed by atoms with Crippen molar-refractivity contribution in [2.24, 2.45) is 10.9 Å². The summed E-state index contributed by atoms with van der Waals surface area (Å²) in [6, 6.07) is 10.9. The molecule has 1 atom stereocenters. The van der Waals surface area contributed by atoms with Gasteiger partial charge in [-0.25, -0.2) is 4.99 Å². The predicted molar refractivity (Wildman–Crippen MR) is 103 cm³/mol. The number of thiophene rings is 1. The molecule has 1 aromatic carbocycles. The van der Waals surface area contributed by atoms with Crippen LogP contribution >= 0.6 is 11.3 Å². The second kappa shape index (κ2) is 6.53. The number of aliphatic imine (C=N–C) groups is 1. The Kier molecular flexibility index (Phi) is 4.60. The number of fused-ring (bicyclic) bond motifs is 1. The van der Waals surface area contributed by atoms with Gasteiger partial charge in [0.05, 0.1) is 5.56 Å². The first kappa shape index (κ1) is 16.9. The lowest BCUT2D eigenvalue weighted by Gasteiger charge is -2.18. The van der Waals surface area contributed by atoms with Gasteiger partial charge in [-0.05, 0) is 47.3 Å². The van der Waals surface area contributed by atoms with E-state index < -0.39 is 0 Å². The van der Waals surface area contributed by atoms with Crippen molar-refractivity contribution in [1.82, 2.24) is 0 Å². The van der Waals surface area contributed by atoms with Gasteiger partial charge in [-0.2, -0.15) is 5.26 Å². The van der Waals surface area contributed by atoms with E-state index in [1.165, 1.54) is 22.4 Å². The van der Waals surface area contributed by atoms with Gasteiger partial charge in [-0.3, -0.25) is 0 Å². The summed E-state index contributed by atoms with van der Waals surface area (Å²) < 4.78 is 0. The zero-order valence-corrected chi connectivity index (χ0v) is 15.7. The molecule has 1 heterocycles. The molecule has 0 unspecified atom stereocenters. The van der Waals surface area contributed by atoms with E-state index in [2.05, 4.69) is 63.0 Å². The maximum Gasteiger partial charge on any atom is 0.134 e. The first-order valence-electron chi connectivity index (χ1n) is 8.57. The molecule has 0 saturated heterocycles. The van der Waals surface area contributed by atoms with Crippen molar-refractivity contribution in [2.45, 2.75) is 52.4 Å². The maximum atomic E-state index is 9.54. The highest BCUT2D eigenvalue weighted by molar-refractivity contribution is 7.16. The van der Waals surface area contributed by atoms with Crippen LogP contribution in [0.4, 0.5) is 5.00 Å². The molecule has 24 heavy (non-hydrogen) atoms. The number of nitriles is 1. The second-order valence-corrected chi connectivity index (χ2v) is 8.86. The van der Waals surface area contributed by atoms with Gasteiger partial charge in [-0.1, -0.05) is 52.0 Å². The lowest BCUT2D eigenvalue weighted by Crippen LogP contribution is -2.10. The van der Waals surface area contributed by atoms with E-state index in [-0.39, 0.29) is 5.41 Å². The maximum absolute atomic E-state index is 9.54. The molecule has 2 nitrogen and oxygen atoms in total. The lowest BCUT2D eigenvalue weighted by molar-refractivity contribution is 0.507. The van der Waals surface area contributed by atoms with Crippen LogP contribution < -0.4 is 0 Å². The van der Waals surface area contributed by atoms with Gasteiger partial charge >= 0.3 is 0 Å². The minimum absolute atomic E-state index is 0.160. The molecule has 3 heteroatoms. The van der Waals surface area contributed by atoms with Gasteiger partial charge in [0.15, 0.2) is 0 Å². The van der Waals surface area contributed by atoms with Crippen LogP contribution in [0.5, 0.6) is 0 Å². The van der Waals surface area contributed by atoms with Crippen LogP contribution in [0.15, 0.2) is 29.3 Å². The Morgan fingerprint density at radius 2 is 1.96 bits per heavy atom. The average molecular weight is 337 g/mol. The molecule has 0 N–H and O–H groups in total. The highest BCUT2D eigenvalue weighted by Gasteiger charge is 2.23. The van der Waals surface area contributed by atoms with Crippen LogP contribution in [0.1, 0.15) is 61.2 Å². The average Bonchev–Trinajstić information content (AvgIpc) is 2.89. The van der Waals surface area contributed by atoms with E-state index in [9.17, 15) is 5.26 Å². The predicted octanol–water partition coefficient (Wildman–Crippen LogP) is 5.79. The quantitative estimate of drug-likeness (QED) is 0.639. The SMILES string of the molecule is C[C@@H]1CCc2c(sc(N=Cc3ccc(C(C)(C)C)cc3)c2C#N)C1. The third kappa shape index (κ3) is 3.44. The van der Waals surface area contributed by atoms with Crippen LogP contribution in [0.2, 0.25) is 0 Å². The molecule has 1 aromatic heterocycles. The molecule has 0 radical (unpaired) electrons. The topological polar surface area (TPSA) is 36.1 Å². The molecule has 1 aliphatic rings. The van der Waals surface area contributed by atoms with Crippen LogP contribution in [0, 0.1) is 17.2 Å². The molecule has 2 aromatic rings. The van der Waals surface area contributed by atoms with Crippen molar-refractivity contribution in [3.05, 3.63) is 51.4 Å². The number of rotatable bonds is 2. The van der Waals surface area contributed by atoms with Crippen LogP contribution in [-0.4, -0.2) is 6.21 Å². The molecule has 0 amide bonds. The Morgan fingerprint density at radius 3 is 2.58 bits per heavy atom. The monoisotopic (exact) mass is 336 g/mol. The summed E-state index contributed by atoms with van der Waals surface area (Å²) in [4.78, 5) is 6.00. The third-order valence-corrected chi connectivity index (χ3v) is 5.87.